The molecule has 210 valence electrons. The highest BCUT2D eigenvalue weighted by molar-refractivity contribution is 5.84. The third-order valence-electron chi connectivity index (χ3n) is 8.03. The number of carboxylic acids is 1. The largest absolute Gasteiger partial charge is 0.478 e. The molecule has 4 heterocycles. The van der Waals surface area contributed by atoms with Crippen LogP contribution in [0.1, 0.15) is 60.4 Å². The van der Waals surface area contributed by atoms with Gasteiger partial charge in [0, 0.05) is 25.2 Å². The second kappa shape index (κ2) is 10.7. The molecular formula is C30H33FN4O5. The molecule has 3 aromatic rings. The fourth-order valence-electron chi connectivity index (χ4n) is 5.74. The number of likely N-dealkylation sites (tertiary alicyclic amines) is 1. The van der Waals surface area contributed by atoms with Gasteiger partial charge in [-0.05, 0) is 75.0 Å². The molecule has 0 spiro atoms. The zero-order chi connectivity index (χ0) is 27.9. The van der Waals surface area contributed by atoms with Crippen molar-refractivity contribution in [2.45, 2.75) is 64.0 Å². The Morgan fingerprint density at radius 3 is 2.67 bits per heavy atom. The lowest BCUT2D eigenvalue weighted by atomic mass is 9.88. The van der Waals surface area contributed by atoms with E-state index in [9.17, 15) is 9.18 Å². The molecule has 2 saturated heterocycles. The molecule has 40 heavy (non-hydrogen) atoms. The monoisotopic (exact) mass is 548 g/mol. The number of aromatic nitrogens is 3. The fourth-order valence-corrected chi connectivity index (χ4v) is 5.74. The molecule has 0 saturated carbocycles. The number of rotatable bonds is 8. The van der Waals surface area contributed by atoms with Crippen molar-refractivity contribution in [2.24, 2.45) is 0 Å². The summed E-state index contributed by atoms with van der Waals surface area (Å²) in [5, 5.41) is 17.7. The van der Waals surface area contributed by atoms with Crippen molar-refractivity contribution >= 4 is 12.0 Å². The lowest BCUT2D eigenvalue weighted by molar-refractivity contribution is -0.131. The number of benzene rings is 2. The topological polar surface area (TPSA) is 98.9 Å². The van der Waals surface area contributed by atoms with Crippen LogP contribution >= 0.6 is 0 Å². The first kappa shape index (κ1) is 26.5. The lowest BCUT2D eigenvalue weighted by Crippen LogP contribution is -2.35. The molecule has 0 aliphatic carbocycles. The SMILES string of the molecule is Cc1ccc(C2(C)Oc3cccc(C4CCN(Cc5nnc(/C=C/C(=O)O)n5C[C@@H]5CCO5)CC4)c3O2)c(F)c1. The summed E-state index contributed by atoms with van der Waals surface area (Å²) in [4.78, 5) is 13.4. The van der Waals surface area contributed by atoms with Crippen LogP contribution in [-0.4, -0.2) is 56.5 Å². The minimum absolute atomic E-state index is 0.0962. The van der Waals surface area contributed by atoms with Gasteiger partial charge in [-0.2, -0.15) is 0 Å². The van der Waals surface area contributed by atoms with E-state index in [4.69, 9.17) is 19.3 Å². The average Bonchev–Trinajstić information content (AvgIpc) is 3.45. The summed E-state index contributed by atoms with van der Waals surface area (Å²) in [6.07, 6.45) is 5.47. The van der Waals surface area contributed by atoms with Crippen LogP contribution < -0.4 is 9.47 Å². The Bertz CT molecular complexity index is 1440. The molecule has 3 aliphatic heterocycles. The smallest absolute Gasteiger partial charge is 0.328 e. The molecule has 2 fully saturated rings. The molecule has 10 heteroatoms. The van der Waals surface area contributed by atoms with Crippen molar-refractivity contribution in [1.82, 2.24) is 19.7 Å². The summed E-state index contributed by atoms with van der Waals surface area (Å²) in [5.41, 5.74) is 2.30. The summed E-state index contributed by atoms with van der Waals surface area (Å²) in [6.45, 7) is 7.28. The van der Waals surface area contributed by atoms with Gasteiger partial charge < -0.3 is 23.9 Å². The molecule has 3 aliphatic rings. The van der Waals surface area contributed by atoms with E-state index >= 15 is 0 Å². The zero-order valence-electron chi connectivity index (χ0n) is 22.7. The maximum Gasteiger partial charge on any atom is 0.328 e. The quantitative estimate of drug-likeness (QED) is 0.407. The van der Waals surface area contributed by atoms with Crippen LogP contribution in [0.3, 0.4) is 0 Å². The highest BCUT2D eigenvalue weighted by Crippen LogP contribution is 2.49. The minimum atomic E-state index is -1.22. The molecule has 1 aromatic heterocycles. The summed E-state index contributed by atoms with van der Waals surface area (Å²) < 4.78 is 35.0. The lowest BCUT2D eigenvalue weighted by Gasteiger charge is -2.33. The van der Waals surface area contributed by atoms with E-state index in [1.165, 1.54) is 12.1 Å². The van der Waals surface area contributed by atoms with Gasteiger partial charge in [0.1, 0.15) is 11.6 Å². The van der Waals surface area contributed by atoms with Crippen molar-refractivity contribution in [3.05, 3.63) is 76.6 Å². The van der Waals surface area contributed by atoms with Gasteiger partial charge in [-0.25, -0.2) is 9.18 Å². The fraction of sp³-hybridized carbons (Fsp3) is 0.433. The number of hydrogen-bond donors (Lipinski definition) is 1. The second-order valence-corrected chi connectivity index (χ2v) is 10.9. The Hall–Kier alpha value is -3.76. The highest BCUT2D eigenvalue weighted by Gasteiger charge is 2.43. The third kappa shape index (κ3) is 5.21. The number of halogens is 1. The molecule has 0 bridgehead atoms. The van der Waals surface area contributed by atoms with Crippen molar-refractivity contribution in [3.63, 3.8) is 0 Å². The van der Waals surface area contributed by atoms with Gasteiger partial charge >= 0.3 is 5.97 Å². The predicted molar refractivity (Wildman–Crippen MR) is 144 cm³/mol. The molecule has 6 rings (SSSR count). The molecule has 1 N–H and O–H groups in total. The van der Waals surface area contributed by atoms with Crippen LogP contribution in [0.5, 0.6) is 11.5 Å². The Morgan fingerprint density at radius 2 is 1.98 bits per heavy atom. The number of ether oxygens (including phenoxy) is 3. The number of piperidine rings is 1. The number of fused-ring (bicyclic) bond motifs is 1. The first-order valence-corrected chi connectivity index (χ1v) is 13.7. The van der Waals surface area contributed by atoms with Crippen LogP contribution in [0.25, 0.3) is 6.08 Å². The van der Waals surface area contributed by atoms with E-state index in [0.717, 1.165) is 62.0 Å². The number of carboxylic acid groups (broad SMARTS) is 1. The van der Waals surface area contributed by atoms with E-state index in [-0.39, 0.29) is 17.8 Å². The highest BCUT2D eigenvalue weighted by atomic mass is 19.1. The van der Waals surface area contributed by atoms with Crippen LogP contribution in [0, 0.1) is 12.7 Å². The molecule has 9 nitrogen and oxygen atoms in total. The van der Waals surface area contributed by atoms with Gasteiger partial charge in [0.2, 0.25) is 0 Å². The molecular weight excluding hydrogens is 515 g/mol. The maximum atomic E-state index is 14.8. The van der Waals surface area contributed by atoms with Crippen LogP contribution in [0.2, 0.25) is 0 Å². The summed E-state index contributed by atoms with van der Waals surface area (Å²) in [7, 11) is 0. The van der Waals surface area contributed by atoms with E-state index < -0.39 is 11.8 Å². The Morgan fingerprint density at radius 1 is 1.18 bits per heavy atom. The van der Waals surface area contributed by atoms with Gasteiger partial charge in [0.25, 0.3) is 5.79 Å². The van der Waals surface area contributed by atoms with Gasteiger partial charge in [-0.1, -0.05) is 18.2 Å². The second-order valence-electron chi connectivity index (χ2n) is 10.9. The Labute approximate surface area is 232 Å². The predicted octanol–water partition coefficient (Wildman–Crippen LogP) is 4.64. The normalized spacial score (nSPS) is 23.0. The number of hydrogen-bond acceptors (Lipinski definition) is 7. The van der Waals surface area contributed by atoms with E-state index in [1.54, 1.807) is 13.0 Å². The number of aryl methyl sites for hydroxylation is 1. The van der Waals surface area contributed by atoms with Crippen molar-refractivity contribution < 1.29 is 28.5 Å². The van der Waals surface area contributed by atoms with Gasteiger partial charge in [-0.3, -0.25) is 4.90 Å². The van der Waals surface area contributed by atoms with Crippen molar-refractivity contribution in [1.29, 1.82) is 0 Å². The molecule has 2 aromatic carbocycles. The van der Waals surface area contributed by atoms with E-state index in [0.29, 0.717) is 36.0 Å². The number of aliphatic carboxylic acids is 1. The third-order valence-corrected chi connectivity index (χ3v) is 8.03. The minimum Gasteiger partial charge on any atom is -0.478 e. The molecule has 0 radical (unpaired) electrons. The van der Waals surface area contributed by atoms with Crippen LogP contribution in [0.15, 0.2) is 42.5 Å². The van der Waals surface area contributed by atoms with Crippen LogP contribution in [-0.2, 0) is 28.4 Å². The van der Waals surface area contributed by atoms with E-state index in [2.05, 4.69) is 21.2 Å². The van der Waals surface area contributed by atoms with Gasteiger partial charge in [0.15, 0.2) is 17.3 Å². The molecule has 1 unspecified atom stereocenters. The zero-order valence-corrected chi connectivity index (χ0v) is 22.7. The number of nitrogens with zero attached hydrogens (tertiary/aromatic N) is 4. The Kier molecular flexibility index (Phi) is 7.06. The van der Waals surface area contributed by atoms with E-state index in [1.807, 2.05) is 29.7 Å². The molecule has 2 atom stereocenters. The summed E-state index contributed by atoms with van der Waals surface area (Å²) in [5.74, 6) is 0.329. The first-order chi connectivity index (χ1) is 19.3. The van der Waals surface area contributed by atoms with Crippen molar-refractivity contribution in [3.8, 4) is 11.5 Å². The summed E-state index contributed by atoms with van der Waals surface area (Å²) >= 11 is 0. The Balaban J connectivity index is 1.14. The van der Waals surface area contributed by atoms with Gasteiger partial charge in [0.05, 0.1) is 24.8 Å². The molecule has 0 amide bonds. The number of para-hydroxylation sites is 1. The summed E-state index contributed by atoms with van der Waals surface area (Å²) in [6, 6.07) is 11.0. The first-order valence-electron chi connectivity index (χ1n) is 13.7. The number of carbonyl (C=O) groups is 1. The van der Waals surface area contributed by atoms with Gasteiger partial charge in [-0.15, -0.1) is 10.2 Å². The van der Waals surface area contributed by atoms with Crippen molar-refractivity contribution in [2.75, 3.05) is 19.7 Å². The average molecular weight is 549 g/mol. The van der Waals surface area contributed by atoms with Crippen LogP contribution in [0.4, 0.5) is 4.39 Å². The maximum absolute atomic E-state index is 14.8. The standard InChI is InChI=1S/C30H33FN4O5/c1-19-6-7-23(24(31)16-19)30(2)39-25-5-3-4-22(29(25)40-30)20-10-13-34(14-11-20)18-27-33-32-26(8-9-28(36)37)35(27)17-21-12-15-38-21/h3-9,16,20-21H,10-15,17-18H2,1-2H3,(H,36,37)/b9-8+/t21-,30?/m0/s1.